The van der Waals surface area contributed by atoms with E-state index < -0.39 is 0 Å². The molecule has 0 aliphatic heterocycles. The molecule has 2 N–H and O–H groups in total. The van der Waals surface area contributed by atoms with E-state index in [1.54, 1.807) is 11.8 Å². The van der Waals surface area contributed by atoms with Crippen molar-refractivity contribution in [1.82, 2.24) is 0 Å². The third-order valence-corrected chi connectivity index (χ3v) is 3.99. The number of hydrogen-bond donors (Lipinski definition) is 1. The van der Waals surface area contributed by atoms with Gasteiger partial charge in [0.15, 0.2) is 0 Å². The Bertz CT molecular complexity index is 360. The highest BCUT2D eigenvalue weighted by atomic mass is 79.9. The van der Waals surface area contributed by atoms with Crippen molar-refractivity contribution in [3.8, 4) is 6.07 Å². The van der Waals surface area contributed by atoms with Gasteiger partial charge in [-0.3, -0.25) is 0 Å². The average molecular weight is 271 g/mol. The molecule has 1 aromatic carbocycles. The Balaban J connectivity index is 2.82. The molecule has 1 aromatic rings. The largest absolute Gasteiger partial charge is 0.399 e. The van der Waals surface area contributed by atoms with Crippen LogP contribution < -0.4 is 5.73 Å². The van der Waals surface area contributed by atoms with Gasteiger partial charge in [-0.05, 0) is 40.5 Å². The average Bonchev–Trinajstić information content (AvgIpc) is 2.17. The summed E-state index contributed by atoms with van der Waals surface area (Å²) >= 11 is 4.98. The van der Waals surface area contributed by atoms with Crippen molar-refractivity contribution in [2.24, 2.45) is 0 Å². The SMILES string of the molecule is CCC(C#N)Sc1ccc(N)cc1Br. The molecule has 0 saturated heterocycles. The van der Waals surface area contributed by atoms with Crippen LogP contribution in [0.5, 0.6) is 0 Å². The molecule has 0 aliphatic rings. The number of hydrogen-bond acceptors (Lipinski definition) is 3. The quantitative estimate of drug-likeness (QED) is 0.676. The maximum absolute atomic E-state index is 8.82. The highest BCUT2D eigenvalue weighted by molar-refractivity contribution is 9.10. The highest BCUT2D eigenvalue weighted by Gasteiger charge is 2.09. The minimum atomic E-state index is 0.00919. The summed E-state index contributed by atoms with van der Waals surface area (Å²) in [4.78, 5) is 1.06. The molecule has 0 heterocycles. The Kier molecular flexibility index (Phi) is 4.30. The Labute approximate surface area is 96.6 Å². The highest BCUT2D eigenvalue weighted by Crippen LogP contribution is 2.32. The fourth-order valence-electron chi connectivity index (χ4n) is 0.967. The molecule has 0 radical (unpaired) electrons. The van der Waals surface area contributed by atoms with Gasteiger partial charge < -0.3 is 5.73 Å². The summed E-state index contributed by atoms with van der Waals surface area (Å²) in [5, 5.41) is 8.83. The maximum Gasteiger partial charge on any atom is 0.0961 e. The van der Waals surface area contributed by atoms with E-state index in [4.69, 9.17) is 11.0 Å². The molecule has 0 bridgehead atoms. The number of nitrogens with two attached hydrogens (primary N) is 1. The summed E-state index contributed by atoms with van der Waals surface area (Å²) in [6.45, 7) is 2.01. The van der Waals surface area contributed by atoms with Gasteiger partial charge in [0.05, 0.1) is 11.3 Å². The number of halogens is 1. The van der Waals surface area contributed by atoms with Gasteiger partial charge in [0.2, 0.25) is 0 Å². The van der Waals surface area contributed by atoms with Gasteiger partial charge in [-0.1, -0.05) is 6.92 Å². The van der Waals surface area contributed by atoms with Crippen molar-refractivity contribution in [2.45, 2.75) is 23.5 Å². The van der Waals surface area contributed by atoms with Crippen molar-refractivity contribution >= 4 is 33.4 Å². The molecule has 14 heavy (non-hydrogen) atoms. The smallest absolute Gasteiger partial charge is 0.0961 e. The number of rotatable bonds is 3. The van der Waals surface area contributed by atoms with Crippen LogP contribution in [0.3, 0.4) is 0 Å². The molecule has 74 valence electrons. The summed E-state index contributed by atoms with van der Waals surface area (Å²) in [6.07, 6.45) is 0.845. The van der Waals surface area contributed by atoms with E-state index in [0.717, 1.165) is 21.5 Å². The van der Waals surface area contributed by atoms with E-state index in [1.165, 1.54) is 0 Å². The molecule has 0 aliphatic carbocycles. The zero-order valence-electron chi connectivity index (χ0n) is 7.83. The van der Waals surface area contributed by atoms with Crippen molar-refractivity contribution in [1.29, 1.82) is 5.26 Å². The third kappa shape index (κ3) is 2.93. The molecule has 4 heteroatoms. The molecule has 1 rings (SSSR count). The van der Waals surface area contributed by atoms with Crippen LogP contribution in [0, 0.1) is 11.3 Å². The van der Waals surface area contributed by atoms with Crippen LogP contribution in [0.1, 0.15) is 13.3 Å². The van der Waals surface area contributed by atoms with E-state index >= 15 is 0 Å². The van der Waals surface area contributed by atoms with Crippen molar-refractivity contribution < 1.29 is 0 Å². The van der Waals surface area contributed by atoms with E-state index in [9.17, 15) is 0 Å². The van der Waals surface area contributed by atoms with E-state index in [1.807, 2.05) is 25.1 Å². The topological polar surface area (TPSA) is 49.8 Å². The van der Waals surface area contributed by atoms with Crippen LogP contribution in [-0.4, -0.2) is 5.25 Å². The van der Waals surface area contributed by atoms with Crippen molar-refractivity contribution in [2.75, 3.05) is 5.73 Å². The third-order valence-electron chi connectivity index (χ3n) is 1.74. The first-order valence-corrected chi connectivity index (χ1v) is 5.96. The molecule has 0 aromatic heterocycles. The fraction of sp³-hybridized carbons (Fsp3) is 0.300. The molecular weight excluding hydrogens is 260 g/mol. The second kappa shape index (κ2) is 5.28. The minimum Gasteiger partial charge on any atom is -0.399 e. The lowest BCUT2D eigenvalue weighted by atomic mass is 10.3. The van der Waals surface area contributed by atoms with Crippen molar-refractivity contribution in [3.63, 3.8) is 0 Å². The predicted molar refractivity (Wildman–Crippen MR) is 64.1 cm³/mol. The Morgan fingerprint density at radius 3 is 2.86 bits per heavy atom. The zero-order valence-corrected chi connectivity index (χ0v) is 10.2. The lowest BCUT2D eigenvalue weighted by molar-refractivity contribution is 0.984. The molecule has 0 amide bonds. The minimum absolute atomic E-state index is 0.00919. The van der Waals surface area contributed by atoms with Crippen LogP contribution >= 0.6 is 27.7 Å². The summed E-state index contributed by atoms with van der Waals surface area (Å²) in [6, 6.07) is 7.89. The number of anilines is 1. The molecule has 2 nitrogen and oxygen atoms in total. The monoisotopic (exact) mass is 270 g/mol. The van der Waals surface area contributed by atoms with Crippen molar-refractivity contribution in [3.05, 3.63) is 22.7 Å². The van der Waals surface area contributed by atoms with Gasteiger partial charge in [0.1, 0.15) is 0 Å². The first kappa shape index (κ1) is 11.4. The molecule has 0 spiro atoms. The normalized spacial score (nSPS) is 12.1. The standard InChI is InChI=1S/C10H11BrN2S/c1-2-8(6-12)14-10-4-3-7(13)5-9(10)11/h3-5,8H,2,13H2,1H3. The Morgan fingerprint density at radius 1 is 1.64 bits per heavy atom. The number of nitriles is 1. The van der Waals surface area contributed by atoms with E-state index in [-0.39, 0.29) is 5.25 Å². The zero-order chi connectivity index (χ0) is 10.6. The number of thioether (sulfide) groups is 1. The lowest BCUT2D eigenvalue weighted by Gasteiger charge is -2.08. The summed E-state index contributed by atoms with van der Waals surface area (Å²) in [7, 11) is 0. The lowest BCUT2D eigenvalue weighted by Crippen LogP contribution is -1.95. The number of nitrogen functional groups attached to an aromatic ring is 1. The molecule has 0 saturated carbocycles. The van der Waals surface area contributed by atoms with Crippen LogP contribution in [0.15, 0.2) is 27.6 Å². The van der Waals surface area contributed by atoms with Gasteiger partial charge in [-0.2, -0.15) is 5.26 Å². The van der Waals surface area contributed by atoms with E-state index in [2.05, 4.69) is 22.0 Å². The van der Waals surface area contributed by atoms with Gasteiger partial charge in [0, 0.05) is 15.1 Å². The van der Waals surface area contributed by atoms with Gasteiger partial charge in [0.25, 0.3) is 0 Å². The molecule has 1 unspecified atom stereocenters. The summed E-state index contributed by atoms with van der Waals surface area (Å²) in [5.41, 5.74) is 6.35. The maximum atomic E-state index is 8.82. The second-order valence-electron chi connectivity index (χ2n) is 2.83. The molecule has 1 atom stereocenters. The van der Waals surface area contributed by atoms with E-state index in [0.29, 0.717) is 0 Å². The van der Waals surface area contributed by atoms with Crippen LogP contribution in [0.4, 0.5) is 5.69 Å². The predicted octanol–water partition coefficient (Wildman–Crippen LogP) is 3.43. The molecular formula is C10H11BrN2S. The first-order valence-electron chi connectivity index (χ1n) is 4.28. The second-order valence-corrected chi connectivity index (χ2v) is 4.93. The summed E-state index contributed by atoms with van der Waals surface area (Å²) in [5.74, 6) is 0. The van der Waals surface area contributed by atoms with Crippen LogP contribution in [0.25, 0.3) is 0 Å². The Hall–Kier alpha value is -0.660. The van der Waals surface area contributed by atoms with Crippen LogP contribution in [-0.2, 0) is 0 Å². The number of benzene rings is 1. The Morgan fingerprint density at radius 2 is 2.36 bits per heavy atom. The molecule has 0 fully saturated rings. The van der Waals surface area contributed by atoms with Crippen LogP contribution in [0.2, 0.25) is 0 Å². The van der Waals surface area contributed by atoms with Gasteiger partial charge >= 0.3 is 0 Å². The van der Waals surface area contributed by atoms with Gasteiger partial charge in [-0.25, -0.2) is 0 Å². The number of nitrogens with zero attached hydrogens (tertiary/aromatic N) is 1. The fourth-order valence-corrected chi connectivity index (χ4v) is 2.49. The van der Waals surface area contributed by atoms with Gasteiger partial charge in [-0.15, -0.1) is 11.8 Å². The summed E-state index contributed by atoms with van der Waals surface area (Å²) < 4.78 is 0.955. The first-order chi connectivity index (χ1) is 6.67.